The first-order valence-electron chi connectivity index (χ1n) is 9.71. The Balaban J connectivity index is 1.66. The second-order valence-corrected chi connectivity index (χ2v) is 9.53. The van der Waals surface area contributed by atoms with Crippen LogP contribution < -0.4 is 0 Å². The van der Waals surface area contributed by atoms with Crippen molar-refractivity contribution in [2.45, 2.75) is 50.6 Å². The lowest BCUT2D eigenvalue weighted by Crippen LogP contribution is -2.39. The molecule has 2 heterocycles. The van der Waals surface area contributed by atoms with E-state index in [1.165, 1.54) is 29.6 Å². The van der Waals surface area contributed by atoms with E-state index < -0.39 is 15.8 Å². The Morgan fingerprint density at radius 3 is 2.66 bits per heavy atom. The van der Waals surface area contributed by atoms with Gasteiger partial charge in [0.25, 0.3) is 0 Å². The predicted octanol–water partition coefficient (Wildman–Crippen LogP) is 2.34. The number of sulfonamides is 1. The SMILES string of the molecule is Cc1cc(C)n(CC(=O)N2CCCC(N(C)S(=O)(=O)c3cccc(F)c3)CC2)n1. The maximum atomic E-state index is 13.5. The third kappa shape index (κ3) is 4.84. The van der Waals surface area contributed by atoms with E-state index in [-0.39, 0.29) is 23.4 Å². The van der Waals surface area contributed by atoms with Gasteiger partial charge in [-0.3, -0.25) is 9.48 Å². The molecule has 0 spiro atoms. The molecule has 158 valence electrons. The summed E-state index contributed by atoms with van der Waals surface area (Å²) >= 11 is 0. The average molecular weight is 423 g/mol. The van der Waals surface area contributed by atoms with Gasteiger partial charge in [-0.15, -0.1) is 0 Å². The number of nitrogens with zero attached hydrogens (tertiary/aromatic N) is 4. The fourth-order valence-electron chi connectivity index (χ4n) is 3.74. The molecule has 0 saturated carbocycles. The van der Waals surface area contributed by atoms with Crippen molar-refractivity contribution in [3.05, 3.63) is 47.5 Å². The lowest BCUT2D eigenvalue weighted by molar-refractivity contribution is -0.132. The highest BCUT2D eigenvalue weighted by Gasteiger charge is 2.30. The van der Waals surface area contributed by atoms with Crippen LogP contribution in [0.5, 0.6) is 0 Å². The van der Waals surface area contributed by atoms with Gasteiger partial charge < -0.3 is 4.90 Å². The van der Waals surface area contributed by atoms with Crippen LogP contribution in [0.4, 0.5) is 4.39 Å². The minimum Gasteiger partial charge on any atom is -0.341 e. The van der Waals surface area contributed by atoms with Crippen molar-refractivity contribution in [1.82, 2.24) is 19.0 Å². The molecule has 1 saturated heterocycles. The maximum Gasteiger partial charge on any atom is 0.244 e. The van der Waals surface area contributed by atoms with Gasteiger partial charge in [0, 0.05) is 31.9 Å². The third-order valence-corrected chi connectivity index (χ3v) is 7.33. The summed E-state index contributed by atoms with van der Waals surface area (Å²) in [6.07, 6.45) is 1.89. The number of likely N-dealkylation sites (tertiary alicyclic amines) is 1. The number of amides is 1. The third-order valence-electron chi connectivity index (χ3n) is 5.43. The number of hydrogen-bond donors (Lipinski definition) is 0. The highest BCUT2D eigenvalue weighted by atomic mass is 32.2. The van der Waals surface area contributed by atoms with E-state index in [0.717, 1.165) is 17.5 Å². The summed E-state index contributed by atoms with van der Waals surface area (Å²) in [4.78, 5) is 14.4. The van der Waals surface area contributed by atoms with E-state index >= 15 is 0 Å². The Kier molecular flexibility index (Phi) is 6.38. The van der Waals surface area contributed by atoms with Gasteiger partial charge >= 0.3 is 0 Å². The van der Waals surface area contributed by atoms with Crippen LogP contribution >= 0.6 is 0 Å². The molecule has 1 aliphatic heterocycles. The summed E-state index contributed by atoms with van der Waals surface area (Å²) in [5, 5.41) is 4.34. The van der Waals surface area contributed by atoms with Crippen molar-refractivity contribution < 1.29 is 17.6 Å². The first-order valence-corrected chi connectivity index (χ1v) is 11.1. The fraction of sp³-hybridized carbons (Fsp3) is 0.500. The molecule has 29 heavy (non-hydrogen) atoms. The van der Waals surface area contributed by atoms with Crippen molar-refractivity contribution in [1.29, 1.82) is 0 Å². The summed E-state index contributed by atoms with van der Waals surface area (Å²) < 4.78 is 42.2. The molecule has 0 N–H and O–H groups in total. The Labute approximate surface area is 171 Å². The van der Waals surface area contributed by atoms with Gasteiger partial charge in [-0.1, -0.05) is 6.07 Å². The van der Waals surface area contributed by atoms with Crippen LogP contribution in [0.15, 0.2) is 35.2 Å². The molecule has 1 fully saturated rings. The second kappa shape index (κ2) is 8.62. The van der Waals surface area contributed by atoms with Gasteiger partial charge in [-0.05, 0) is 57.4 Å². The van der Waals surface area contributed by atoms with Crippen LogP contribution in [-0.2, 0) is 21.4 Å². The molecule has 0 radical (unpaired) electrons. The lowest BCUT2D eigenvalue weighted by atomic mass is 10.1. The van der Waals surface area contributed by atoms with E-state index in [1.54, 1.807) is 9.58 Å². The zero-order valence-electron chi connectivity index (χ0n) is 17.0. The van der Waals surface area contributed by atoms with E-state index in [2.05, 4.69) is 5.10 Å². The molecule has 1 unspecified atom stereocenters. The largest absolute Gasteiger partial charge is 0.341 e. The van der Waals surface area contributed by atoms with Crippen LogP contribution in [0.1, 0.15) is 30.7 Å². The van der Waals surface area contributed by atoms with Gasteiger partial charge in [0.2, 0.25) is 15.9 Å². The van der Waals surface area contributed by atoms with Gasteiger partial charge in [0.05, 0.1) is 10.6 Å². The fourth-order valence-corrected chi connectivity index (χ4v) is 5.19. The van der Waals surface area contributed by atoms with E-state index in [4.69, 9.17) is 0 Å². The highest BCUT2D eigenvalue weighted by Crippen LogP contribution is 2.23. The number of rotatable bonds is 5. The van der Waals surface area contributed by atoms with Crippen LogP contribution in [0, 0.1) is 19.7 Å². The molecule has 3 rings (SSSR count). The molecule has 1 aromatic carbocycles. The van der Waals surface area contributed by atoms with Crippen molar-refractivity contribution in [3.63, 3.8) is 0 Å². The summed E-state index contributed by atoms with van der Waals surface area (Å²) in [5.74, 6) is -0.603. The van der Waals surface area contributed by atoms with Gasteiger partial charge in [-0.25, -0.2) is 12.8 Å². The number of carbonyl (C=O) groups is 1. The minimum absolute atomic E-state index is 0.0208. The van der Waals surface area contributed by atoms with Crippen molar-refractivity contribution in [2.24, 2.45) is 0 Å². The van der Waals surface area contributed by atoms with E-state index in [1.807, 2.05) is 19.9 Å². The standard InChI is InChI=1S/C20H27FN4O3S/c1-15-12-16(2)25(22-15)14-20(26)24-10-5-7-18(9-11-24)23(3)29(27,28)19-8-4-6-17(21)13-19/h4,6,8,12-13,18H,5,7,9-11,14H2,1-3H3. The van der Waals surface area contributed by atoms with Crippen LogP contribution in [0.3, 0.4) is 0 Å². The molecule has 1 aliphatic rings. The molecule has 7 nitrogen and oxygen atoms in total. The van der Waals surface area contributed by atoms with Gasteiger partial charge in [-0.2, -0.15) is 9.40 Å². The Morgan fingerprint density at radius 2 is 2.00 bits per heavy atom. The topological polar surface area (TPSA) is 75.5 Å². The Hall–Kier alpha value is -2.26. The van der Waals surface area contributed by atoms with E-state index in [0.29, 0.717) is 32.4 Å². The molecule has 1 aromatic heterocycles. The predicted molar refractivity (Wildman–Crippen MR) is 107 cm³/mol. The van der Waals surface area contributed by atoms with Crippen LogP contribution in [-0.4, -0.2) is 59.5 Å². The number of aryl methyl sites for hydroxylation is 2. The monoisotopic (exact) mass is 422 g/mol. The first-order chi connectivity index (χ1) is 13.7. The van der Waals surface area contributed by atoms with Crippen molar-refractivity contribution >= 4 is 15.9 Å². The highest BCUT2D eigenvalue weighted by molar-refractivity contribution is 7.89. The number of aromatic nitrogens is 2. The molecular formula is C20H27FN4O3S. The number of carbonyl (C=O) groups excluding carboxylic acids is 1. The lowest BCUT2D eigenvalue weighted by Gasteiger charge is -2.27. The van der Waals surface area contributed by atoms with Crippen molar-refractivity contribution in [2.75, 3.05) is 20.1 Å². The summed E-state index contributed by atoms with van der Waals surface area (Å²) in [6.45, 7) is 5.05. The summed E-state index contributed by atoms with van der Waals surface area (Å²) in [7, 11) is -2.26. The number of hydrogen-bond acceptors (Lipinski definition) is 4. The molecule has 9 heteroatoms. The smallest absolute Gasteiger partial charge is 0.244 e. The first kappa shape index (κ1) is 21.4. The molecule has 0 bridgehead atoms. The Morgan fingerprint density at radius 1 is 1.24 bits per heavy atom. The van der Waals surface area contributed by atoms with Crippen molar-refractivity contribution in [3.8, 4) is 0 Å². The molecule has 0 aliphatic carbocycles. The van der Waals surface area contributed by atoms with Gasteiger partial charge in [0.1, 0.15) is 12.4 Å². The maximum absolute atomic E-state index is 13.5. The average Bonchev–Trinajstić information content (AvgIpc) is 2.86. The summed E-state index contributed by atoms with van der Waals surface area (Å²) in [6, 6.07) is 6.73. The van der Waals surface area contributed by atoms with E-state index in [9.17, 15) is 17.6 Å². The van der Waals surface area contributed by atoms with Crippen LogP contribution in [0.25, 0.3) is 0 Å². The minimum atomic E-state index is -3.79. The Bertz CT molecular complexity index is 989. The summed E-state index contributed by atoms with van der Waals surface area (Å²) in [5.41, 5.74) is 1.81. The quantitative estimate of drug-likeness (QED) is 0.741. The van der Waals surface area contributed by atoms with Crippen LogP contribution in [0.2, 0.25) is 0 Å². The molecule has 1 amide bonds. The molecular weight excluding hydrogens is 395 g/mol. The normalized spacial score (nSPS) is 18.1. The zero-order chi connectivity index (χ0) is 21.2. The van der Waals surface area contributed by atoms with Gasteiger partial charge in [0.15, 0.2) is 0 Å². The number of halogens is 1. The second-order valence-electron chi connectivity index (χ2n) is 7.53. The molecule has 1 atom stereocenters. The zero-order valence-corrected chi connectivity index (χ0v) is 17.8. The number of benzene rings is 1. The molecule has 2 aromatic rings.